The number of hydrogen-bond acceptors (Lipinski definition) is 7. The van der Waals surface area contributed by atoms with E-state index in [4.69, 9.17) is 11.5 Å². The van der Waals surface area contributed by atoms with E-state index in [0.29, 0.717) is 18.3 Å². The predicted octanol–water partition coefficient (Wildman–Crippen LogP) is 1.13. The van der Waals surface area contributed by atoms with E-state index >= 15 is 0 Å². The van der Waals surface area contributed by atoms with Crippen LogP contribution in [0.1, 0.15) is 25.7 Å². The third-order valence-electron chi connectivity index (χ3n) is 4.49. The van der Waals surface area contributed by atoms with Gasteiger partial charge >= 0.3 is 0 Å². The van der Waals surface area contributed by atoms with Crippen molar-refractivity contribution in [1.82, 2.24) is 14.3 Å². The number of amides is 1. The average molecular weight is 383 g/mol. The summed E-state index contributed by atoms with van der Waals surface area (Å²) >= 11 is 1.31. The maximum Gasteiger partial charge on any atom is 0.233 e. The molecule has 0 radical (unpaired) electrons. The van der Waals surface area contributed by atoms with E-state index in [2.05, 4.69) is 14.3 Å². The van der Waals surface area contributed by atoms with E-state index in [1.165, 1.54) is 11.5 Å². The fourth-order valence-corrected chi connectivity index (χ4v) is 3.82. The number of nitrogens with zero attached hydrogens (tertiary/aromatic N) is 4. The molecule has 1 aromatic heterocycles. The Hall–Kier alpha value is -0.830. The van der Waals surface area contributed by atoms with Gasteiger partial charge in [0.15, 0.2) is 0 Å². The van der Waals surface area contributed by atoms with Crippen LogP contribution in [0.15, 0.2) is 0 Å². The molecule has 1 aliphatic carbocycles. The smallest absolute Gasteiger partial charge is 0.233 e. The lowest BCUT2D eigenvalue weighted by Crippen LogP contribution is -2.49. The molecule has 0 bridgehead atoms. The Balaban J connectivity index is 0.00000132. The first-order valence-corrected chi connectivity index (χ1v) is 8.28. The first-order valence-electron chi connectivity index (χ1n) is 7.51. The van der Waals surface area contributed by atoms with Crippen molar-refractivity contribution >= 4 is 53.3 Å². The first kappa shape index (κ1) is 20.2. The zero-order chi connectivity index (χ0) is 14.8. The van der Waals surface area contributed by atoms with Crippen molar-refractivity contribution in [2.24, 2.45) is 11.7 Å². The van der Waals surface area contributed by atoms with Crippen LogP contribution in [-0.4, -0.2) is 52.4 Å². The molecular weight excluding hydrogens is 359 g/mol. The van der Waals surface area contributed by atoms with Gasteiger partial charge in [0.05, 0.1) is 0 Å². The topological polar surface area (TPSA) is 101 Å². The lowest BCUT2D eigenvalue weighted by molar-refractivity contribution is -0.132. The van der Waals surface area contributed by atoms with Crippen LogP contribution in [0, 0.1) is 5.92 Å². The second kappa shape index (κ2) is 8.86. The molecule has 4 N–H and O–H groups in total. The van der Waals surface area contributed by atoms with Crippen molar-refractivity contribution in [2.45, 2.75) is 31.7 Å². The largest absolute Gasteiger partial charge is 0.367 e. The van der Waals surface area contributed by atoms with Crippen LogP contribution in [0.2, 0.25) is 0 Å². The Labute approximate surface area is 152 Å². The van der Waals surface area contributed by atoms with Crippen molar-refractivity contribution in [3.63, 3.8) is 0 Å². The number of aromatic nitrogens is 2. The number of anilines is 2. The molecule has 1 saturated heterocycles. The molecule has 10 heteroatoms. The van der Waals surface area contributed by atoms with E-state index in [9.17, 15) is 4.79 Å². The van der Waals surface area contributed by atoms with E-state index in [-0.39, 0.29) is 36.8 Å². The predicted molar refractivity (Wildman–Crippen MR) is 97.5 cm³/mol. The summed E-state index contributed by atoms with van der Waals surface area (Å²) in [4.78, 5) is 20.6. The van der Waals surface area contributed by atoms with Crippen molar-refractivity contribution in [1.29, 1.82) is 0 Å². The third-order valence-corrected chi connectivity index (χ3v) is 5.28. The minimum Gasteiger partial charge on any atom is -0.367 e. The number of carbonyl (C=O) groups is 1. The normalized spacial score (nSPS) is 24.0. The van der Waals surface area contributed by atoms with Crippen molar-refractivity contribution in [3.05, 3.63) is 0 Å². The molecule has 1 aliphatic heterocycles. The summed E-state index contributed by atoms with van der Waals surface area (Å²) in [6.45, 7) is 3.05. The van der Waals surface area contributed by atoms with Gasteiger partial charge in [-0.1, -0.05) is 6.42 Å². The highest BCUT2D eigenvalue weighted by Crippen LogP contribution is 2.28. The quantitative estimate of drug-likeness (QED) is 0.812. The number of piperazine rings is 1. The molecule has 7 nitrogen and oxygen atoms in total. The molecule has 132 valence electrons. The van der Waals surface area contributed by atoms with E-state index < -0.39 is 0 Å². The lowest BCUT2D eigenvalue weighted by atomic mass is 9.99. The van der Waals surface area contributed by atoms with Crippen LogP contribution in [0.25, 0.3) is 0 Å². The van der Waals surface area contributed by atoms with Crippen molar-refractivity contribution in [3.8, 4) is 0 Å². The molecule has 1 saturated carbocycles. The number of carbonyl (C=O) groups excluding carboxylic acids is 1. The molecular formula is C13H24Cl2N6OS. The fraction of sp³-hybridized carbons (Fsp3) is 0.769. The van der Waals surface area contributed by atoms with E-state index in [0.717, 1.165) is 50.6 Å². The highest BCUT2D eigenvalue weighted by molar-refractivity contribution is 7.09. The van der Waals surface area contributed by atoms with Crippen LogP contribution < -0.4 is 16.4 Å². The molecule has 2 atom stereocenters. The minimum absolute atomic E-state index is 0. The van der Waals surface area contributed by atoms with Crippen molar-refractivity contribution in [2.75, 3.05) is 36.8 Å². The molecule has 2 aliphatic rings. The average Bonchev–Trinajstić information content (AvgIpc) is 3.08. The Bertz CT molecular complexity index is 508. The van der Waals surface area contributed by atoms with Crippen LogP contribution in [0.4, 0.5) is 11.1 Å². The van der Waals surface area contributed by atoms with Gasteiger partial charge in [-0.15, -0.1) is 24.8 Å². The SMILES string of the molecule is Cl.Cl.Nc1nsc(N2CCN(C(=O)C[C@@H]3CCC[C@H]3N)CC2)n1. The number of halogens is 2. The number of rotatable bonds is 3. The van der Waals surface area contributed by atoms with Gasteiger partial charge in [-0.3, -0.25) is 4.79 Å². The molecule has 0 spiro atoms. The number of nitrogen functional groups attached to an aromatic ring is 1. The van der Waals surface area contributed by atoms with Gasteiger partial charge in [0, 0.05) is 50.2 Å². The summed E-state index contributed by atoms with van der Waals surface area (Å²) in [6, 6.07) is 0.208. The molecule has 2 fully saturated rings. The molecule has 0 aromatic carbocycles. The summed E-state index contributed by atoms with van der Waals surface area (Å²) in [7, 11) is 0. The molecule has 23 heavy (non-hydrogen) atoms. The second-order valence-corrected chi connectivity index (χ2v) is 6.59. The molecule has 3 rings (SSSR count). The first-order chi connectivity index (χ1) is 10.1. The molecule has 1 amide bonds. The van der Waals surface area contributed by atoms with Crippen LogP contribution in [0.5, 0.6) is 0 Å². The van der Waals surface area contributed by atoms with Gasteiger partial charge in [-0.25, -0.2) is 0 Å². The zero-order valence-electron chi connectivity index (χ0n) is 12.9. The van der Waals surface area contributed by atoms with Crippen LogP contribution >= 0.6 is 36.3 Å². The van der Waals surface area contributed by atoms with Crippen LogP contribution in [0.3, 0.4) is 0 Å². The number of hydrogen-bond donors (Lipinski definition) is 2. The van der Waals surface area contributed by atoms with Crippen molar-refractivity contribution < 1.29 is 4.79 Å². The third kappa shape index (κ3) is 4.82. The Morgan fingerprint density at radius 2 is 1.91 bits per heavy atom. The Kier molecular flexibility index (Phi) is 7.79. The highest BCUT2D eigenvalue weighted by atomic mass is 35.5. The van der Waals surface area contributed by atoms with E-state index in [1.54, 1.807) is 0 Å². The van der Waals surface area contributed by atoms with Gasteiger partial charge in [0.25, 0.3) is 0 Å². The minimum atomic E-state index is 0. The molecule has 0 unspecified atom stereocenters. The monoisotopic (exact) mass is 382 g/mol. The standard InChI is InChI=1S/C13H22N6OS.2ClH/c14-10-3-1-2-9(10)8-11(20)18-4-6-19(7-5-18)13-16-12(15)17-21-13;;/h9-10H,1-8,14H2,(H2,15,17);2*1H/t9-,10+;;/m0../s1. The highest BCUT2D eigenvalue weighted by Gasteiger charge is 2.29. The maximum atomic E-state index is 12.4. The van der Waals surface area contributed by atoms with Gasteiger partial charge in [0.2, 0.25) is 17.0 Å². The van der Waals surface area contributed by atoms with Crippen LogP contribution in [-0.2, 0) is 4.79 Å². The summed E-state index contributed by atoms with van der Waals surface area (Å²) in [6.07, 6.45) is 3.92. The summed E-state index contributed by atoms with van der Waals surface area (Å²) in [5.74, 6) is 0.941. The lowest BCUT2D eigenvalue weighted by Gasteiger charge is -2.35. The summed E-state index contributed by atoms with van der Waals surface area (Å²) < 4.78 is 3.99. The molecule has 2 heterocycles. The van der Waals surface area contributed by atoms with Gasteiger partial charge in [-0.05, 0) is 18.8 Å². The van der Waals surface area contributed by atoms with Gasteiger partial charge in [0.1, 0.15) is 0 Å². The summed E-state index contributed by atoms with van der Waals surface area (Å²) in [5, 5.41) is 0.845. The summed E-state index contributed by atoms with van der Waals surface area (Å²) in [5.41, 5.74) is 11.6. The number of nitrogens with two attached hydrogens (primary N) is 2. The Morgan fingerprint density at radius 3 is 2.43 bits per heavy atom. The maximum absolute atomic E-state index is 12.4. The fourth-order valence-electron chi connectivity index (χ4n) is 3.17. The van der Waals surface area contributed by atoms with E-state index in [1.807, 2.05) is 4.90 Å². The zero-order valence-corrected chi connectivity index (χ0v) is 15.3. The molecule has 1 aromatic rings. The second-order valence-electron chi connectivity index (χ2n) is 5.86. The Morgan fingerprint density at radius 1 is 1.22 bits per heavy atom. The van der Waals surface area contributed by atoms with Gasteiger partial charge in [-0.2, -0.15) is 9.36 Å². The van der Waals surface area contributed by atoms with Gasteiger partial charge < -0.3 is 21.3 Å².